The zero-order valence-electron chi connectivity index (χ0n) is 14.9. The third kappa shape index (κ3) is 4.98. The average Bonchev–Trinajstić information content (AvgIpc) is 2.78. The molecule has 9 heteroatoms. The minimum Gasteiger partial charge on any atom is -0.379 e. The predicted molar refractivity (Wildman–Crippen MR) is 102 cm³/mol. The van der Waals surface area contributed by atoms with Crippen LogP contribution >= 0.6 is 11.8 Å². The fourth-order valence-electron chi connectivity index (χ4n) is 2.86. The first-order valence-corrected chi connectivity index (χ1v) is 11.3. The molecule has 144 valence electrons. The fraction of sp³-hybridized carbons (Fsp3) is 0.588. The molecule has 0 bridgehead atoms. The Morgan fingerprint density at radius 2 is 2.12 bits per heavy atom. The number of nitrogens with one attached hydrogen (secondary N) is 2. The molecule has 0 aromatic heterocycles. The van der Waals surface area contributed by atoms with Gasteiger partial charge in [-0.15, -0.1) is 11.8 Å². The minimum atomic E-state index is -3.59. The van der Waals surface area contributed by atoms with Crippen LogP contribution in [-0.2, 0) is 19.6 Å². The number of fused-ring (bicyclic) bond motifs is 1. The number of benzene rings is 1. The Bertz CT molecular complexity index is 748. The van der Waals surface area contributed by atoms with Gasteiger partial charge in [0.25, 0.3) is 0 Å². The summed E-state index contributed by atoms with van der Waals surface area (Å²) in [5.74, 6) is 0.500. The number of carbonyl (C=O) groups is 1. The highest BCUT2D eigenvalue weighted by molar-refractivity contribution is 7.99. The summed E-state index contributed by atoms with van der Waals surface area (Å²) in [6.45, 7) is 6.37. The average molecular weight is 400 g/mol. The number of ether oxygens (including phenoxy) is 1. The van der Waals surface area contributed by atoms with E-state index in [4.69, 9.17) is 4.74 Å². The van der Waals surface area contributed by atoms with Gasteiger partial charge in [-0.25, -0.2) is 13.1 Å². The number of hydrogen-bond acceptors (Lipinski definition) is 6. The highest BCUT2D eigenvalue weighted by Crippen LogP contribution is 2.34. The number of carbonyl (C=O) groups excluding carboxylic acids is 1. The predicted octanol–water partition coefficient (Wildman–Crippen LogP) is 1.37. The molecular weight excluding hydrogens is 374 g/mol. The van der Waals surface area contributed by atoms with Crippen molar-refractivity contribution in [1.29, 1.82) is 0 Å². The molecule has 0 unspecified atom stereocenters. The van der Waals surface area contributed by atoms with Gasteiger partial charge in [-0.3, -0.25) is 9.69 Å². The van der Waals surface area contributed by atoms with Crippen LogP contribution in [0.15, 0.2) is 28.0 Å². The molecule has 3 rings (SSSR count). The second kappa shape index (κ2) is 8.71. The Morgan fingerprint density at radius 3 is 2.88 bits per heavy atom. The van der Waals surface area contributed by atoms with Crippen LogP contribution in [0.1, 0.15) is 13.3 Å². The highest BCUT2D eigenvalue weighted by Gasteiger charge is 2.22. The number of hydrogen-bond donors (Lipinski definition) is 2. The summed E-state index contributed by atoms with van der Waals surface area (Å²) in [4.78, 5) is 15.3. The lowest BCUT2D eigenvalue weighted by Crippen LogP contribution is -2.38. The van der Waals surface area contributed by atoms with Crippen molar-refractivity contribution in [2.75, 3.05) is 50.5 Å². The van der Waals surface area contributed by atoms with Crippen molar-refractivity contribution in [3.05, 3.63) is 18.2 Å². The van der Waals surface area contributed by atoms with Crippen LogP contribution in [0.3, 0.4) is 0 Å². The summed E-state index contributed by atoms with van der Waals surface area (Å²) in [5, 5.41) is 2.82. The molecule has 1 aromatic rings. The molecule has 1 aromatic carbocycles. The van der Waals surface area contributed by atoms with Crippen LogP contribution in [-0.4, -0.2) is 64.4 Å². The summed E-state index contributed by atoms with van der Waals surface area (Å²) in [5.41, 5.74) is 0.570. The first-order valence-electron chi connectivity index (χ1n) is 8.83. The summed E-state index contributed by atoms with van der Waals surface area (Å²) in [6.07, 6.45) is 0.744. The number of sulfonamides is 1. The molecule has 7 nitrogen and oxygen atoms in total. The van der Waals surface area contributed by atoms with Gasteiger partial charge < -0.3 is 10.1 Å². The Balaban J connectivity index is 1.58. The molecule has 0 spiro atoms. The Kier molecular flexibility index (Phi) is 6.57. The fourth-order valence-corrected chi connectivity index (χ4v) is 4.97. The molecule has 2 heterocycles. The van der Waals surface area contributed by atoms with Gasteiger partial charge in [0.15, 0.2) is 0 Å². The summed E-state index contributed by atoms with van der Waals surface area (Å²) >= 11 is 1.56. The second-order valence-electron chi connectivity index (χ2n) is 6.56. The van der Waals surface area contributed by atoms with Gasteiger partial charge in [-0.2, -0.15) is 0 Å². The summed E-state index contributed by atoms with van der Waals surface area (Å²) in [6, 6.07) is 4.90. The van der Waals surface area contributed by atoms with Gasteiger partial charge >= 0.3 is 0 Å². The lowest BCUT2D eigenvalue weighted by Gasteiger charge is -2.26. The first kappa shape index (κ1) is 19.6. The lowest BCUT2D eigenvalue weighted by molar-refractivity contribution is -0.118. The summed E-state index contributed by atoms with van der Waals surface area (Å²) < 4.78 is 33.0. The van der Waals surface area contributed by atoms with Gasteiger partial charge in [0, 0.05) is 36.2 Å². The topological polar surface area (TPSA) is 87.7 Å². The molecular formula is C17H25N3O4S2. The Hall–Kier alpha value is -1.13. The van der Waals surface area contributed by atoms with Crippen LogP contribution in [0.5, 0.6) is 0 Å². The highest BCUT2D eigenvalue weighted by atomic mass is 32.2. The van der Waals surface area contributed by atoms with E-state index in [-0.39, 0.29) is 16.7 Å². The van der Waals surface area contributed by atoms with Crippen molar-refractivity contribution in [3.8, 4) is 0 Å². The van der Waals surface area contributed by atoms with Crippen molar-refractivity contribution in [1.82, 2.24) is 9.62 Å². The van der Waals surface area contributed by atoms with E-state index in [1.54, 1.807) is 30.0 Å². The lowest BCUT2D eigenvalue weighted by atomic mass is 10.2. The molecule has 26 heavy (non-hydrogen) atoms. The molecule has 1 atom stereocenters. The second-order valence-corrected chi connectivity index (χ2v) is 9.39. The maximum atomic E-state index is 12.5. The van der Waals surface area contributed by atoms with Gasteiger partial charge in [0.05, 0.1) is 23.8 Å². The smallest absolute Gasteiger partial charge is 0.240 e. The van der Waals surface area contributed by atoms with E-state index >= 15 is 0 Å². The molecule has 2 aliphatic heterocycles. The van der Waals surface area contributed by atoms with E-state index in [2.05, 4.69) is 14.9 Å². The number of amides is 1. The van der Waals surface area contributed by atoms with Crippen molar-refractivity contribution in [2.45, 2.75) is 23.1 Å². The standard InChI is InChI=1S/C17H25N3O4S2/c1-13-12-25-16-4-3-14(11-15(16)19-17(13)21)26(22,23)18-5-2-6-20-7-9-24-10-8-20/h3-4,11,13,18H,2,5-10,12H2,1H3,(H,19,21)/t13-/m0/s1. The normalized spacial score (nSPS) is 21.7. The summed E-state index contributed by atoms with van der Waals surface area (Å²) in [7, 11) is -3.59. The molecule has 2 N–H and O–H groups in total. The van der Waals surface area contributed by atoms with Crippen LogP contribution in [0.25, 0.3) is 0 Å². The quantitative estimate of drug-likeness (QED) is 0.703. The molecule has 1 fully saturated rings. The van der Waals surface area contributed by atoms with Crippen LogP contribution in [0.4, 0.5) is 5.69 Å². The number of anilines is 1. The van der Waals surface area contributed by atoms with E-state index in [0.29, 0.717) is 18.0 Å². The first-order chi connectivity index (χ1) is 12.5. The van der Waals surface area contributed by atoms with Gasteiger partial charge in [0.1, 0.15) is 0 Å². The minimum absolute atomic E-state index is 0.0794. The van der Waals surface area contributed by atoms with E-state index in [0.717, 1.165) is 44.2 Å². The van der Waals surface area contributed by atoms with Crippen molar-refractivity contribution in [2.24, 2.45) is 5.92 Å². The maximum Gasteiger partial charge on any atom is 0.240 e. The van der Waals surface area contributed by atoms with Crippen LogP contribution in [0, 0.1) is 5.92 Å². The Labute approximate surface area is 158 Å². The van der Waals surface area contributed by atoms with E-state index in [1.165, 1.54) is 0 Å². The largest absolute Gasteiger partial charge is 0.379 e. The number of thioether (sulfide) groups is 1. The molecule has 0 aliphatic carbocycles. The van der Waals surface area contributed by atoms with Crippen LogP contribution in [0.2, 0.25) is 0 Å². The molecule has 2 aliphatic rings. The zero-order valence-corrected chi connectivity index (χ0v) is 16.5. The molecule has 0 saturated carbocycles. The van der Waals surface area contributed by atoms with E-state index in [9.17, 15) is 13.2 Å². The van der Waals surface area contributed by atoms with Crippen molar-refractivity contribution >= 4 is 33.4 Å². The molecule has 1 saturated heterocycles. The monoisotopic (exact) mass is 399 g/mol. The van der Waals surface area contributed by atoms with Crippen molar-refractivity contribution in [3.63, 3.8) is 0 Å². The van der Waals surface area contributed by atoms with Crippen LogP contribution < -0.4 is 10.0 Å². The third-order valence-electron chi connectivity index (χ3n) is 4.50. The SMILES string of the molecule is C[C@H]1CSc2ccc(S(=O)(=O)NCCCN3CCOCC3)cc2NC1=O. The maximum absolute atomic E-state index is 12.5. The number of nitrogens with zero attached hydrogens (tertiary/aromatic N) is 1. The van der Waals surface area contributed by atoms with Gasteiger partial charge in [-0.05, 0) is 31.2 Å². The molecule has 0 radical (unpaired) electrons. The zero-order chi connectivity index (χ0) is 18.6. The van der Waals surface area contributed by atoms with Gasteiger partial charge in [-0.1, -0.05) is 6.92 Å². The van der Waals surface area contributed by atoms with E-state index < -0.39 is 10.0 Å². The third-order valence-corrected chi connectivity index (χ3v) is 7.29. The van der Waals surface area contributed by atoms with Crippen molar-refractivity contribution < 1.29 is 17.9 Å². The molecule has 1 amide bonds. The Morgan fingerprint density at radius 1 is 1.35 bits per heavy atom. The van der Waals surface area contributed by atoms with E-state index in [1.807, 2.05) is 6.92 Å². The number of morpholine rings is 1. The number of rotatable bonds is 6. The van der Waals surface area contributed by atoms with Gasteiger partial charge in [0.2, 0.25) is 15.9 Å².